The topological polar surface area (TPSA) is 152 Å². The second-order valence-corrected chi connectivity index (χ2v) is 9.97. The molecule has 0 atom stereocenters. The zero-order chi connectivity index (χ0) is 30.5. The number of piperazine rings is 1. The fraction of sp³-hybridized carbons (Fsp3) is 0.300. The summed E-state index contributed by atoms with van der Waals surface area (Å²) in [6.45, 7) is 3.84. The van der Waals surface area contributed by atoms with Crippen LogP contribution in [-0.4, -0.2) is 78.4 Å². The molecule has 0 unspecified atom stereocenters. The van der Waals surface area contributed by atoms with Gasteiger partial charge >= 0.3 is 5.97 Å². The van der Waals surface area contributed by atoms with Crippen molar-refractivity contribution >= 4 is 34.3 Å². The van der Waals surface area contributed by atoms with Gasteiger partial charge in [0.05, 0.1) is 37.3 Å². The normalized spacial score (nSPS) is 13.5. The highest BCUT2D eigenvalue weighted by atomic mass is 16.6. The zero-order valence-corrected chi connectivity index (χ0v) is 24.1. The Kier molecular flexibility index (Phi) is 8.71. The van der Waals surface area contributed by atoms with E-state index in [4.69, 9.17) is 24.2 Å². The predicted octanol–water partition coefficient (Wildman–Crippen LogP) is 4.20. The summed E-state index contributed by atoms with van der Waals surface area (Å²) in [6, 6.07) is 14.8. The third-order valence-electron chi connectivity index (χ3n) is 7.37. The van der Waals surface area contributed by atoms with Crippen molar-refractivity contribution in [3.05, 3.63) is 81.4 Å². The van der Waals surface area contributed by atoms with Gasteiger partial charge in [-0.2, -0.15) is 4.98 Å². The minimum atomic E-state index is -0.999. The molecule has 0 aliphatic carbocycles. The number of benzene rings is 3. The number of methoxy groups -OCH3 is 3. The molecule has 0 amide bonds. The number of aromatic nitrogens is 2. The molecule has 1 aliphatic heterocycles. The molecule has 43 heavy (non-hydrogen) atoms. The molecule has 3 aromatic carbocycles. The quantitative estimate of drug-likeness (QED) is 0.191. The lowest BCUT2D eigenvalue weighted by atomic mass is 10.1. The van der Waals surface area contributed by atoms with Crippen LogP contribution < -0.4 is 24.4 Å². The summed E-state index contributed by atoms with van der Waals surface area (Å²) in [5.41, 5.74) is 2.54. The number of ether oxygens (including phenoxy) is 3. The van der Waals surface area contributed by atoms with E-state index in [2.05, 4.69) is 15.1 Å². The third kappa shape index (κ3) is 6.51. The number of non-ortho nitro benzene ring substituents is 1. The van der Waals surface area contributed by atoms with E-state index < -0.39 is 10.9 Å². The molecule has 2 N–H and O–H groups in total. The van der Waals surface area contributed by atoms with Crippen molar-refractivity contribution in [1.29, 1.82) is 0 Å². The highest BCUT2D eigenvalue weighted by Crippen LogP contribution is 2.35. The predicted molar refractivity (Wildman–Crippen MR) is 161 cm³/mol. The number of aromatic carboxylic acids is 1. The van der Waals surface area contributed by atoms with Crippen LogP contribution in [0.25, 0.3) is 10.9 Å². The lowest BCUT2D eigenvalue weighted by Gasteiger charge is -2.35. The second-order valence-electron chi connectivity index (χ2n) is 9.97. The van der Waals surface area contributed by atoms with Crippen molar-refractivity contribution in [3.63, 3.8) is 0 Å². The Morgan fingerprint density at radius 2 is 1.60 bits per heavy atom. The van der Waals surface area contributed by atoms with Gasteiger partial charge in [-0.1, -0.05) is 12.1 Å². The van der Waals surface area contributed by atoms with Crippen LogP contribution in [0.2, 0.25) is 0 Å². The van der Waals surface area contributed by atoms with Gasteiger partial charge in [-0.3, -0.25) is 15.0 Å². The van der Waals surface area contributed by atoms with Gasteiger partial charge in [-0.05, 0) is 29.8 Å². The van der Waals surface area contributed by atoms with Crippen molar-refractivity contribution < 1.29 is 29.0 Å². The van der Waals surface area contributed by atoms with Crippen LogP contribution in [0.15, 0.2) is 54.6 Å². The summed E-state index contributed by atoms with van der Waals surface area (Å²) in [7, 11) is 4.82. The van der Waals surface area contributed by atoms with Gasteiger partial charge in [0.15, 0.2) is 11.5 Å². The SMILES string of the molecule is COc1cc(OC)c(OC)cc1CN1CCN(c2nc(NCc3ccc(C(=O)O)cc3)c3cc([N+](=O)[O-])ccc3n2)CC1. The molecule has 0 spiro atoms. The van der Waals surface area contributed by atoms with Crippen molar-refractivity contribution in [2.24, 2.45) is 0 Å². The molecule has 1 fully saturated rings. The highest BCUT2D eigenvalue weighted by Gasteiger charge is 2.23. The van der Waals surface area contributed by atoms with Gasteiger partial charge in [-0.25, -0.2) is 9.78 Å². The van der Waals surface area contributed by atoms with Crippen LogP contribution in [0.5, 0.6) is 17.2 Å². The first-order valence-corrected chi connectivity index (χ1v) is 13.6. The molecular weight excluding hydrogens is 556 g/mol. The smallest absolute Gasteiger partial charge is 0.335 e. The monoisotopic (exact) mass is 588 g/mol. The highest BCUT2D eigenvalue weighted by molar-refractivity contribution is 5.92. The van der Waals surface area contributed by atoms with E-state index in [9.17, 15) is 20.0 Å². The molecule has 1 aromatic heterocycles. The number of nitrogens with one attached hydrogen (secondary N) is 1. The van der Waals surface area contributed by atoms with Crippen LogP contribution in [-0.2, 0) is 13.1 Å². The Labute approximate surface area is 247 Å². The number of carboxylic acids is 1. The maximum atomic E-state index is 11.5. The molecule has 13 heteroatoms. The van der Waals surface area contributed by atoms with Crippen LogP contribution in [0.4, 0.5) is 17.5 Å². The van der Waals surface area contributed by atoms with Gasteiger partial charge in [0.2, 0.25) is 5.95 Å². The molecule has 224 valence electrons. The van der Waals surface area contributed by atoms with E-state index >= 15 is 0 Å². The number of carbonyl (C=O) groups is 1. The Bertz CT molecular complexity index is 1640. The Hall–Kier alpha value is -5.17. The van der Waals surface area contributed by atoms with Crippen molar-refractivity contribution in [2.75, 3.05) is 57.7 Å². The molecule has 4 aromatic rings. The van der Waals surface area contributed by atoms with Gasteiger partial charge in [-0.15, -0.1) is 0 Å². The Morgan fingerprint density at radius 3 is 2.23 bits per heavy atom. The molecule has 5 rings (SSSR count). The van der Waals surface area contributed by atoms with E-state index in [0.29, 0.717) is 60.3 Å². The van der Waals surface area contributed by atoms with E-state index in [1.165, 1.54) is 24.3 Å². The summed E-state index contributed by atoms with van der Waals surface area (Å²) in [6.07, 6.45) is 0. The summed E-state index contributed by atoms with van der Waals surface area (Å²) in [5, 5.41) is 24.4. The third-order valence-corrected chi connectivity index (χ3v) is 7.37. The lowest BCUT2D eigenvalue weighted by molar-refractivity contribution is -0.384. The first-order chi connectivity index (χ1) is 20.8. The minimum Gasteiger partial charge on any atom is -0.496 e. The van der Waals surface area contributed by atoms with E-state index in [1.54, 1.807) is 39.5 Å². The van der Waals surface area contributed by atoms with Gasteiger partial charge in [0, 0.05) is 68.4 Å². The van der Waals surface area contributed by atoms with Crippen LogP contribution in [0.1, 0.15) is 21.5 Å². The van der Waals surface area contributed by atoms with Crippen molar-refractivity contribution in [3.8, 4) is 17.2 Å². The maximum absolute atomic E-state index is 11.5. The van der Waals surface area contributed by atoms with E-state index in [0.717, 1.165) is 30.0 Å². The average Bonchev–Trinajstić information content (AvgIpc) is 3.03. The summed E-state index contributed by atoms with van der Waals surface area (Å²) < 4.78 is 16.5. The molecule has 2 heterocycles. The largest absolute Gasteiger partial charge is 0.496 e. The fourth-order valence-electron chi connectivity index (χ4n) is 5.01. The molecule has 0 bridgehead atoms. The number of fused-ring (bicyclic) bond motifs is 1. The van der Waals surface area contributed by atoms with Crippen LogP contribution in [0, 0.1) is 10.1 Å². The number of hydrogen-bond donors (Lipinski definition) is 2. The second kappa shape index (κ2) is 12.8. The Morgan fingerprint density at radius 1 is 0.930 bits per heavy atom. The van der Waals surface area contributed by atoms with Crippen molar-refractivity contribution in [1.82, 2.24) is 14.9 Å². The molecule has 13 nitrogen and oxygen atoms in total. The van der Waals surface area contributed by atoms with Gasteiger partial charge < -0.3 is 29.5 Å². The van der Waals surface area contributed by atoms with Crippen molar-refractivity contribution in [2.45, 2.75) is 13.1 Å². The summed E-state index contributed by atoms with van der Waals surface area (Å²) in [4.78, 5) is 36.1. The van der Waals surface area contributed by atoms with Gasteiger partial charge in [0.1, 0.15) is 11.6 Å². The van der Waals surface area contributed by atoms with Crippen LogP contribution >= 0.6 is 0 Å². The molecule has 1 aliphatic rings. The summed E-state index contributed by atoms with van der Waals surface area (Å²) >= 11 is 0. The number of nitro groups is 1. The van der Waals surface area contributed by atoms with E-state index in [1.807, 2.05) is 12.1 Å². The van der Waals surface area contributed by atoms with Crippen LogP contribution in [0.3, 0.4) is 0 Å². The molecular formula is C30H32N6O7. The maximum Gasteiger partial charge on any atom is 0.335 e. The number of anilines is 2. The first kappa shape index (κ1) is 29.3. The number of rotatable bonds is 11. The fourth-order valence-corrected chi connectivity index (χ4v) is 5.01. The van der Waals surface area contributed by atoms with E-state index in [-0.39, 0.29) is 11.3 Å². The number of carboxylic acid groups (broad SMARTS) is 1. The summed E-state index contributed by atoms with van der Waals surface area (Å²) in [5.74, 6) is 1.95. The number of hydrogen-bond acceptors (Lipinski definition) is 11. The number of nitro benzene ring substituents is 1. The average molecular weight is 589 g/mol. The molecule has 0 saturated carbocycles. The molecule has 0 radical (unpaired) electrons. The zero-order valence-electron chi connectivity index (χ0n) is 24.1. The lowest BCUT2D eigenvalue weighted by Crippen LogP contribution is -2.46. The Balaban J connectivity index is 1.35. The number of nitrogens with zero attached hydrogens (tertiary/aromatic N) is 5. The minimum absolute atomic E-state index is 0.0584. The first-order valence-electron chi connectivity index (χ1n) is 13.6. The molecule has 1 saturated heterocycles. The van der Waals surface area contributed by atoms with Gasteiger partial charge in [0.25, 0.3) is 5.69 Å². The standard InChI is InChI=1S/C30H32N6O7/c1-41-25-16-27(43-3)26(42-2)14-21(25)18-34-10-12-35(13-11-34)30-32-24-9-8-22(36(39)40)15-23(24)28(33-30)31-17-19-4-6-20(7-5-19)29(37)38/h4-9,14-16H,10-13,17-18H2,1-3H3,(H,37,38)(H,31,32,33).